The van der Waals surface area contributed by atoms with Crippen LogP contribution in [-0.2, 0) is 18.9 Å². The molecule has 0 unspecified atom stereocenters. The van der Waals surface area contributed by atoms with Crippen molar-refractivity contribution in [3.63, 3.8) is 0 Å². The van der Waals surface area contributed by atoms with E-state index in [4.69, 9.17) is 32.8 Å². The average molecular weight is 759 g/mol. The molecule has 0 saturated carbocycles. The highest BCUT2D eigenvalue weighted by atomic mass is 16.8. The van der Waals surface area contributed by atoms with Gasteiger partial charge in [-0.15, -0.1) is 0 Å². The molecular formula is C32H38O21. The van der Waals surface area contributed by atoms with Crippen LogP contribution in [0.1, 0.15) is 0 Å². The summed E-state index contributed by atoms with van der Waals surface area (Å²) in [6.07, 6.45) is -24.5. The van der Waals surface area contributed by atoms with Crippen LogP contribution in [0, 0.1) is 0 Å². The number of phenolic OH excluding ortho intramolecular Hbond substituents is 3. The van der Waals surface area contributed by atoms with Crippen molar-refractivity contribution in [2.24, 2.45) is 0 Å². The van der Waals surface area contributed by atoms with Crippen molar-refractivity contribution in [1.82, 2.24) is 0 Å². The van der Waals surface area contributed by atoms with Crippen molar-refractivity contribution in [3.05, 3.63) is 40.6 Å². The van der Waals surface area contributed by atoms with Crippen LogP contribution in [0.15, 0.2) is 39.5 Å². The number of hydrogen-bond donors (Lipinski definition) is 13. The predicted octanol–water partition coefficient (Wildman–Crippen LogP) is -4.60. The zero-order valence-electron chi connectivity index (χ0n) is 27.2. The van der Waals surface area contributed by atoms with Crippen LogP contribution in [-0.4, -0.2) is 172 Å². The second-order valence-corrected chi connectivity index (χ2v) is 12.6. The number of phenols is 3. The third kappa shape index (κ3) is 7.33. The summed E-state index contributed by atoms with van der Waals surface area (Å²) in [5.41, 5.74) is -1.69. The van der Waals surface area contributed by atoms with Gasteiger partial charge in [-0.3, -0.25) is 4.79 Å². The van der Waals surface area contributed by atoms with Gasteiger partial charge in [-0.2, -0.15) is 0 Å². The van der Waals surface area contributed by atoms with E-state index in [1.165, 1.54) is 6.07 Å². The maximum atomic E-state index is 14.2. The van der Waals surface area contributed by atoms with E-state index in [1.54, 1.807) is 0 Å². The van der Waals surface area contributed by atoms with Gasteiger partial charge >= 0.3 is 0 Å². The zero-order valence-corrected chi connectivity index (χ0v) is 27.2. The molecule has 0 amide bonds. The molecule has 13 N–H and O–H groups in total. The molecule has 3 aromatic rings. The lowest BCUT2D eigenvalue weighted by molar-refractivity contribution is -0.345. The molecule has 0 aliphatic carbocycles. The SMILES string of the molecule is O=c1c(O[C@@H]2O[C@@H](CO)[C@@H](O)[C@@H](O)[C@@H]2O[C@H]2OC[C@@H](O)[C@@H](O)[C@H]2O)c(-c2ccc(O)c(O)c2)oc2cc(O[C@@H]3O[C@H](CO)[C@@H](O)[C@H](O)[C@H]3O)cc(O)c12. The van der Waals surface area contributed by atoms with Crippen LogP contribution in [0.2, 0.25) is 0 Å². The Balaban J connectivity index is 1.42. The number of fused-ring (bicyclic) bond motifs is 1. The van der Waals surface area contributed by atoms with Crippen LogP contribution >= 0.6 is 0 Å². The molecule has 0 bridgehead atoms. The third-order valence-electron chi connectivity index (χ3n) is 9.05. The largest absolute Gasteiger partial charge is 0.507 e. The molecule has 3 fully saturated rings. The van der Waals surface area contributed by atoms with E-state index in [-0.39, 0.29) is 11.3 Å². The van der Waals surface area contributed by atoms with Crippen LogP contribution in [0.25, 0.3) is 22.3 Å². The Morgan fingerprint density at radius 2 is 1.30 bits per heavy atom. The number of aliphatic hydroxyl groups excluding tert-OH is 10. The normalized spacial score (nSPS) is 36.3. The van der Waals surface area contributed by atoms with Crippen LogP contribution in [0.5, 0.6) is 28.7 Å². The molecule has 53 heavy (non-hydrogen) atoms. The van der Waals surface area contributed by atoms with Crippen molar-refractivity contribution in [2.75, 3.05) is 19.8 Å². The van der Waals surface area contributed by atoms with E-state index in [0.717, 1.165) is 24.3 Å². The highest BCUT2D eigenvalue weighted by Crippen LogP contribution is 2.40. The monoisotopic (exact) mass is 758 g/mol. The minimum Gasteiger partial charge on any atom is -0.507 e. The molecule has 3 aliphatic rings. The van der Waals surface area contributed by atoms with Crippen molar-refractivity contribution < 1.29 is 99.2 Å². The summed E-state index contributed by atoms with van der Waals surface area (Å²) in [5.74, 6) is -3.69. The molecule has 3 aliphatic heterocycles. The zero-order chi connectivity index (χ0) is 38.5. The fourth-order valence-corrected chi connectivity index (χ4v) is 6.05. The molecular weight excluding hydrogens is 720 g/mol. The Hall–Kier alpha value is -3.91. The van der Waals surface area contributed by atoms with E-state index >= 15 is 0 Å². The minimum atomic E-state index is -1.98. The molecule has 0 radical (unpaired) electrons. The van der Waals surface area contributed by atoms with Crippen molar-refractivity contribution >= 4 is 11.0 Å². The van der Waals surface area contributed by atoms with E-state index in [0.29, 0.717) is 0 Å². The van der Waals surface area contributed by atoms with E-state index in [1.807, 2.05) is 0 Å². The predicted molar refractivity (Wildman–Crippen MR) is 168 cm³/mol. The van der Waals surface area contributed by atoms with E-state index in [2.05, 4.69) is 0 Å². The second kappa shape index (κ2) is 15.4. The molecule has 1 aromatic heterocycles. The highest BCUT2D eigenvalue weighted by Gasteiger charge is 2.50. The third-order valence-corrected chi connectivity index (χ3v) is 9.05. The first-order valence-electron chi connectivity index (χ1n) is 16.1. The van der Waals surface area contributed by atoms with Gasteiger partial charge in [0.25, 0.3) is 0 Å². The van der Waals surface area contributed by atoms with Gasteiger partial charge < -0.3 is 99.2 Å². The summed E-state index contributed by atoms with van der Waals surface area (Å²) in [6, 6.07) is 5.12. The van der Waals surface area contributed by atoms with Gasteiger partial charge in [0, 0.05) is 17.7 Å². The number of rotatable bonds is 9. The quantitative estimate of drug-likeness (QED) is 0.0913. The number of aliphatic hydroxyl groups is 10. The number of aromatic hydroxyl groups is 3. The molecule has 292 valence electrons. The molecule has 0 spiro atoms. The molecule has 4 heterocycles. The number of hydrogen-bond acceptors (Lipinski definition) is 21. The lowest BCUT2D eigenvalue weighted by Crippen LogP contribution is -2.64. The maximum absolute atomic E-state index is 14.2. The lowest BCUT2D eigenvalue weighted by atomic mass is 9.98. The molecule has 14 atom stereocenters. The minimum absolute atomic E-state index is 0.134. The summed E-state index contributed by atoms with van der Waals surface area (Å²) in [6.45, 7) is -2.18. The van der Waals surface area contributed by atoms with Gasteiger partial charge in [0.15, 0.2) is 29.7 Å². The molecule has 6 rings (SSSR count). The van der Waals surface area contributed by atoms with Crippen molar-refractivity contribution in [2.45, 2.75) is 86.0 Å². The van der Waals surface area contributed by atoms with Gasteiger partial charge in [0.05, 0.1) is 19.8 Å². The van der Waals surface area contributed by atoms with Crippen molar-refractivity contribution in [1.29, 1.82) is 0 Å². The lowest BCUT2D eigenvalue weighted by Gasteiger charge is -2.44. The molecule has 21 nitrogen and oxygen atoms in total. The summed E-state index contributed by atoms with van der Waals surface area (Å²) in [5, 5.41) is 133. The van der Waals surface area contributed by atoms with Gasteiger partial charge in [0.1, 0.15) is 83.5 Å². The van der Waals surface area contributed by atoms with Crippen LogP contribution < -0.4 is 14.9 Å². The topological polar surface area (TPSA) is 349 Å². The summed E-state index contributed by atoms with van der Waals surface area (Å²) in [4.78, 5) is 14.2. The summed E-state index contributed by atoms with van der Waals surface area (Å²) < 4.78 is 39.3. The Kier molecular flexibility index (Phi) is 11.3. The van der Waals surface area contributed by atoms with Crippen LogP contribution in [0.3, 0.4) is 0 Å². The standard InChI is InChI=1S/C32H38O21/c33-6-16-20(40)23(43)26(46)31(50-16)48-10-4-13(37)18-15(5-10)49-27(9-1-2-11(35)12(36)3-9)28(22(18)42)52-32-29(24(44)21(41)17(7-34)51-32)53-30-25(45)19(39)14(38)8-47-30/h1-5,14,16-17,19-21,23-26,29-41,43-46H,6-8H2/t14-,16-,17+,19-,20-,21-,23+,24-,25-,26-,29+,30-,31-,32+/m1/s1. The fourth-order valence-electron chi connectivity index (χ4n) is 6.05. The first kappa shape index (κ1) is 38.8. The Morgan fingerprint density at radius 1 is 0.660 bits per heavy atom. The fraction of sp³-hybridized carbons (Fsp3) is 0.531. The van der Waals surface area contributed by atoms with Gasteiger partial charge in [-0.1, -0.05) is 0 Å². The molecule has 2 aromatic carbocycles. The Morgan fingerprint density at radius 3 is 1.96 bits per heavy atom. The van der Waals surface area contributed by atoms with E-state index in [9.17, 15) is 71.2 Å². The number of benzene rings is 2. The first-order valence-corrected chi connectivity index (χ1v) is 16.1. The number of ether oxygens (including phenoxy) is 6. The second-order valence-electron chi connectivity index (χ2n) is 12.6. The Labute approximate surface area is 296 Å². The first-order chi connectivity index (χ1) is 25.1. The van der Waals surface area contributed by atoms with Gasteiger partial charge in [-0.25, -0.2) is 0 Å². The van der Waals surface area contributed by atoms with Crippen molar-refractivity contribution in [3.8, 4) is 40.1 Å². The summed E-state index contributed by atoms with van der Waals surface area (Å²) in [7, 11) is 0. The maximum Gasteiger partial charge on any atom is 0.239 e. The average Bonchev–Trinajstić information content (AvgIpc) is 3.13. The summed E-state index contributed by atoms with van der Waals surface area (Å²) >= 11 is 0. The van der Waals surface area contributed by atoms with Gasteiger partial charge in [-0.05, 0) is 18.2 Å². The van der Waals surface area contributed by atoms with E-state index < -0.39 is 151 Å². The Bertz CT molecular complexity index is 1820. The van der Waals surface area contributed by atoms with Crippen LogP contribution in [0.4, 0.5) is 0 Å². The molecule has 3 saturated heterocycles. The van der Waals surface area contributed by atoms with Gasteiger partial charge in [0.2, 0.25) is 23.8 Å². The smallest absolute Gasteiger partial charge is 0.239 e. The highest BCUT2D eigenvalue weighted by molar-refractivity contribution is 5.88. The molecule has 21 heteroatoms.